The van der Waals surface area contributed by atoms with E-state index in [-0.39, 0.29) is 18.2 Å². The Balaban J connectivity index is 1.57. The first-order chi connectivity index (χ1) is 14.7. The number of aromatic nitrogens is 5. The number of pyridine rings is 1. The molecule has 0 bridgehead atoms. The zero-order valence-electron chi connectivity index (χ0n) is 16.3. The topological polar surface area (TPSA) is 96.5 Å². The lowest BCUT2D eigenvalue weighted by atomic mass is 9.95. The number of fused-ring (bicyclic) bond motifs is 2. The highest BCUT2D eigenvalue weighted by atomic mass is 16.5. The van der Waals surface area contributed by atoms with Crippen molar-refractivity contribution in [3.05, 3.63) is 78.4 Å². The third-order valence-electron chi connectivity index (χ3n) is 5.20. The monoisotopic (exact) mass is 397 g/mol. The summed E-state index contributed by atoms with van der Waals surface area (Å²) in [5, 5.41) is 7.34. The summed E-state index contributed by atoms with van der Waals surface area (Å²) in [6, 6.07) is 17.3. The standard InChI is InChI=1S/C23H19N5O2/c1-30-13-17(14-5-3-2-4-6-14)22(29)23-25-19-11-16-18(12-20(19)26-23)27-28-21(16)15-7-9-24-10-8-15/h2-12,17,27-28H,13H2,1H3/t17-/m1/s1. The molecule has 2 aromatic carbocycles. The molecule has 0 aliphatic carbocycles. The molecule has 0 aliphatic rings. The van der Waals surface area contributed by atoms with Gasteiger partial charge in [-0.25, -0.2) is 9.97 Å². The van der Waals surface area contributed by atoms with Crippen molar-refractivity contribution in [3.63, 3.8) is 0 Å². The van der Waals surface area contributed by atoms with Crippen LogP contribution in [-0.4, -0.2) is 44.6 Å². The smallest absolute Gasteiger partial charge is 0.209 e. The van der Waals surface area contributed by atoms with Gasteiger partial charge in [-0.2, -0.15) is 0 Å². The number of carbonyl (C=O) groups is 1. The lowest BCUT2D eigenvalue weighted by Gasteiger charge is -2.13. The molecule has 0 radical (unpaired) electrons. The van der Waals surface area contributed by atoms with Gasteiger partial charge in [-0.3, -0.25) is 14.9 Å². The van der Waals surface area contributed by atoms with Crippen LogP contribution in [0.3, 0.4) is 0 Å². The van der Waals surface area contributed by atoms with Gasteiger partial charge in [0.15, 0.2) is 5.82 Å². The fourth-order valence-electron chi connectivity index (χ4n) is 3.70. The Labute approximate surface area is 172 Å². The van der Waals surface area contributed by atoms with Crippen LogP contribution in [0, 0.1) is 0 Å². The average molecular weight is 397 g/mol. The normalized spacial score (nSPS) is 12.4. The Morgan fingerprint density at radius 2 is 1.73 bits per heavy atom. The molecule has 0 unspecified atom stereocenters. The fourth-order valence-corrected chi connectivity index (χ4v) is 3.70. The Morgan fingerprint density at radius 3 is 2.47 bits per heavy atom. The Bertz CT molecular complexity index is 1330. The number of ether oxygens (including phenoxy) is 1. The van der Waals surface area contributed by atoms with Crippen LogP contribution in [0.25, 0.3) is 33.2 Å². The molecular weight excluding hydrogens is 378 g/mol. The third kappa shape index (κ3) is 3.15. The van der Waals surface area contributed by atoms with Crippen LogP contribution in [0.2, 0.25) is 0 Å². The third-order valence-corrected chi connectivity index (χ3v) is 5.20. The van der Waals surface area contributed by atoms with Crippen molar-refractivity contribution in [1.82, 2.24) is 25.1 Å². The lowest BCUT2D eigenvalue weighted by Crippen LogP contribution is -2.19. The number of carbonyl (C=O) groups excluding carboxylic acids is 1. The maximum Gasteiger partial charge on any atom is 0.209 e. The van der Waals surface area contributed by atoms with Crippen LogP contribution >= 0.6 is 0 Å². The van der Waals surface area contributed by atoms with Gasteiger partial charge in [-0.1, -0.05) is 30.3 Å². The molecule has 7 heteroatoms. The molecule has 5 rings (SSSR count). The maximum absolute atomic E-state index is 13.2. The Morgan fingerprint density at radius 1 is 1.00 bits per heavy atom. The van der Waals surface area contributed by atoms with Crippen LogP contribution in [-0.2, 0) is 4.74 Å². The second-order valence-electron chi connectivity index (χ2n) is 7.08. The minimum atomic E-state index is -0.446. The Kier molecular flexibility index (Phi) is 4.57. The number of hydrogen-bond donors (Lipinski definition) is 2. The van der Waals surface area contributed by atoms with E-state index in [0.717, 1.165) is 27.7 Å². The number of H-pyrrole nitrogens is 2. The first-order valence-electron chi connectivity index (χ1n) is 9.61. The summed E-state index contributed by atoms with van der Waals surface area (Å²) < 4.78 is 5.30. The van der Waals surface area contributed by atoms with Gasteiger partial charge in [-0.15, -0.1) is 0 Å². The summed E-state index contributed by atoms with van der Waals surface area (Å²) >= 11 is 0. The van der Waals surface area contributed by atoms with Gasteiger partial charge in [0.25, 0.3) is 0 Å². The number of rotatable bonds is 6. The van der Waals surface area contributed by atoms with Crippen LogP contribution in [0.5, 0.6) is 0 Å². The summed E-state index contributed by atoms with van der Waals surface area (Å²) in [5.41, 5.74) is 5.08. The molecule has 2 N–H and O–H groups in total. The van der Waals surface area contributed by atoms with Crippen LogP contribution < -0.4 is 0 Å². The molecule has 0 aliphatic heterocycles. The summed E-state index contributed by atoms with van der Waals surface area (Å²) in [6.45, 7) is 0.273. The minimum absolute atomic E-state index is 0.149. The molecular formula is C23H19N5O2. The van der Waals surface area contributed by atoms with Gasteiger partial charge in [-0.05, 0) is 29.8 Å². The molecule has 3 heterocycles. The predicted molar refractivity (Wildman–Crippen MR) is 114 cm³/mol. The average Bonchev–Trinajstić information content (AvgIpc) is 3.40. The highest BCUT2D eigenvalue weighted by Gasteiger charge is 2.25. The van der Waals surface area contributed by atoms with E-state index in [2.05, 4.69) is 25.1 Å². The first kappa shape index (κ1) is 18.2. The number of nitrogens with one attached hydrogen (secondary N) is 2. The highest BCUT2D eigenvalue weighted by molar-refractivity contribution is 6.04. The van der Waals surface area contributed by atoms with E-state index >= 15 is 0 Å². The Hall–Kier alpha value is -3.84. The molecule has 1 atom stereocenters. The zero-order valence-corrected chi connectivity index (χ0v) is 16.3. The largest absolute Gasteiger partial charge is 0.384 e. The second kappa shape index (κ2) is 7.53. The number of imidazole rings is 1. The molecule has 0 spiro atoms. The van der Waals surface area contributed by atoms with Gasteiger partial charge >= 0.3 is 0 Å². The molecule has 0 fully saturated rings. The van der Waals surface area contributed by atoms with Gasteiger partial charge < -0.3 is 9.84 Å². The van der Waals surface area contributed by atoms with Crippen molar-refractivity contribution in [2.75, 3.05) is 13.7 Å². The number of benzene rings is 2. The van der Waals surface area contributed by atoms with Crippen molar-refractivity contribution >= 4 is 27.7 Å². The second-order valence-corrected chi connectivity index (χ2v) is 7.08. The van der Waals surface area contributed by atoms with E-state index in [1.54, 1.807) is 19.5 Å². The van der Waals surface area contributed by atoms with Gasteiger partial charge in [0.2, 0.25) is 5.78 Å². The SMILES string of the molecule is COC[C@@H](C(=O)c1nc2cc3[nH][nH]c(-c4ccncc4)c3cc2n1)c1ccccc1. The molecule has 3 aromatic heterocycles. The quantitative estimate of drug-likeness (QED) is 0.420. The van der Waals surface area contributed by atoms with E-state index in [9.17, 15) is 4.79 Å². The highest BCUT2D eigenvalue weighted by Crippen LogP contribution is 2.29. The molecule has 30 heavy (non-hydrogen) atoms. The van der Waals surface area contributed by atoms with E-state index in [1.165, 1.54) is 0 Å². The first-order valence-corrected chi connectivity index (χ1v) is 9.61. The summed E-state index contributed by atoms with van der Waals surface area (Å²) in [4.78, 5) is 26.3. The van der Waals surface area contributed by atoms with Crippen molar-refractivity contribution < 1.29 is 9.53 Å². The van der Waals surface area contributed by atoms with Gasteiger partial charge in [0.05, 0.1) is 34.8 Å². The zero-order chi connectivity index (χ0) is 20.5. The number of Topliss-reactive ketones (excluding diaryl/α,β-unsaturated/α-hetero) is 1. The van der Waals surface area contributed by atoms with Gasteiger partial charge in [0, 0.05) is 30.5 Å². The van der Waals surface area contributed by atoms with Crippen LogP contribution in [0.15, 0.2) is 67.0 Å². The van der Waals surface area contributed by atoms with Crippen molar-refractivity contribution in [1.29, 1.82) is 0 Å². The minimum Gasteiger partial charge on any atom is -0.384 e. The van der Waals surface area contributed by atoms with E-state index < -0.39 is 5.92 Å². The molecule has 7 nitrogen and oxygen atoms in total. The van der Waals surface area contributed by atoms with E-state index in [4.69, 9.17) is 4.74 Å². The summed E-state index contributed by atoms with van der Waals surface area (Å²) in [7, 11) is 1.59. The summed E-state index contributed by atoms with van der Waals surface area (Å²) in [5.74, 6) is -0.388. The number of nitrogens with zero attached hydrogens (tertiary/aromatic N) is 3. The molecule has 0 saturated carbocycles. The summed E-state index contributed by atoms with van der Waals surface area (Å²) in [6.07, 6.45) is 3.50. The number of hydrogen-bond acceptors (Lipinski definition) is 5. The number of aromatic amines is 2. The van der Waals surface area contributed by atoms with E-state index in [0.29, 0.717) is 11.0 Å². The predicted octanol–water partition coefficient (Wildman–Crippen LogP) is 4.11. The van der Waals surface area contributed by atoms with Crippen LogP contribution in [0.4, 0.5) is 0 Å². The number of methoxy groups -OCH3 is 1. The number of ketones is 1. The molecule has 0 saturated heterocycles. The van der Waals surface area contributed by atoms with Crippen molar-refractivity contribution in [3.8, 4) is 11.3 Å². The molecule has 148 valence electrons. The van der Waals surface area contributed by atoms with Crippen LogP contribution in [0.1, 0.15) is 22.1 Å². The molecule has 0 amide bonds. The van der Waals surface area contributed by atoms with Crippen molar-refractivity contribution in [2.24, 2.45) is 0 Å². The van der Waals surface area contributed by atoms with Crippen molar-refractivity contribution in [2.45, 2.75) is 5.92 Å². The van der Waals surface area contributed by atoms with Gasteiger partial charge in [0.1, 0.15) is 0 Å². The molecule has 5 aromatic rings. The van der Waals surface area contributed by atoms with E-state index in [1.807, 2.05) is 54.6 Å². The maximum atomic E-state index is 13.2. The fraction of sp³-hybridized carbons (Fsp3) is 0.130. The lowest BCUT2D eigenvalue weighted by molar-refractivity contribution is 0.0879.